The topological polar surface area (TPSA) is 103 Å². The summed E-state index contributed by atoms with van der Waals surface area (Å²) in [6.45, 7) is 7.10. The lowest BCUT2D eigenvalue weighted by Gasteiger charge is -2.15. The van der Waals surface area contributed by atoms with Gasteiger partial charge in [0, 0.05) is 28.3 Å². The minimum Gasteiger partial charge on any atom is -0.496 e. The van der Waals surface area contributed by atoms with E-state index >= 15 is 0 Å². The van der Waals surface area contributed by atoms with E-state index in [1.165, 1.54) is 0 Å². The first-order valence-corrected chi connectivity index (χ1v) is 12.0. The molecule has 0 saturated heterocycles. The van der Waals surface area contributed by atoms with Gasteiger partial charge in [0.15, 0.2) is 0 Å². The number of nitrogens with one attached hydrogen (secondary N) is 2. The zero-order valence-corrected chi connectivity index (χ0v) is 22.0. The third-order valence-electron chi connectivity index (χ3n) is 5.49. The van der Waals surface area contributed by atoms with Gasteiger partial charge in [-0.15, -0.1) is 0 Å². The number of benzene rings is 3. The molecule has 0 amide bonds. The number of aryl methyl sites for hydroxylation is 1. The lowest BCUT2D eigenvalue weighted by atomic mass is 10.1. The van der Waals surface area contributed by atoms with Crippen LogP contribution in [0.25, 0.3) is 0 Å². The van der Waals surface area contributed by atoms with E-state index in [4.69, 9.17) is 39.2 Å². The van der Waals surface area contributed by atoms with Crippen LogP contribution in [0.15, 0.2) is 54.6 Å². The van der Waals surface area contributed by atoms with Crippen molar-refractivity contribution in [2.75, 3.05) is 27.4 Å². The molecule has 3 rings (SSSR count). The van der Waals surface area contributed by atoms with Crippen LogP contribution in [0.5, 0.6) is 23.0 Å². The summed E-state index contributed by atoms with van der Waals surface area (Å²) in [5.74, 6) is 2.78. The highest BCUT2D eigenvalue weighted by molar-refractivity contribution is 5.92. The molecule has 0 atom stereocenters. The third kappa shape index (κ3) is 7.39. The maximum Gasteiger partial charge on any atom is 0.213 e. The highest BCUT2D eigenvalue weighted by Crippen LogP contribution is 2.28. The van der Waals surface area contributed by atoms with Crippen LogP contribution in [-0.4, -0.2) is 39.2 Å². The molecule has 196 valence electrons. The zero-order valence-electron chi connectivity index (χ0n) is 22.0. The van der Waals surface area contributed by atoms with Gasteiger partial charge in [0.2, 0.25) is 11.8 Å². The summed E-state index contributed by atoms with van der Waals surface area (Å²) in [5.41, 5.74) is 3.98. The monoisotopic (exact) mass is 506 g/mol. The van der Waals surface area contributed by atoms with Crippen LogP contribution in [-0.2, 0) is 22.7 Å². The SMILES string of the molecule is CCOC(=N)c1ccc(COc2cc(C)cc(OCc3ccc(C(=N)OCC)cc3OC)c2)c(OC)c1. The van der Waals surface area contributed by atoms with E-state index < -0.39 is 0 Å². The molecule has 0 aliphatic carbocycles. The fourth-order valence-corrected chi connectivity index (χ4v) is 3.67. The van der Waals surface area contributed by atoms with Gasteiger partial charge in [0.25, 0.3) is 0 Å². The van der Waals surface area contributed by atoms with Crippen LogP contribution in [0.4, 0.5) is 0 Å². The van der Waals surface area contributed by atoms with Crippen LogP contribution in [0, 0.1) is 17.7 Å². The molecule has 0 spiro atoms. The number of hydrogen-bond acceptors (Lipinski definition) is 8. The Balaban J connectivity index is 1.69. The molecule has 0 aliphatic heterocycles. The van der Waals surface area contributed by atoms with Gasteiger partial charge in [0.1, 0.15) is 36.2 Å². The molecule has 8 heteroatoms. The highest BCUT2D eigenvalue weighted by Gasteiger charge is 2.12. The van der Waals surface area contributed by atoms with Gasteiger partial charge in [-0.1, -0.05) is 12.1 Å². The van der Waals surface area contributed by atoms with Crippen molar-refractivity contribution in [3.8, 4) is 23.0 Å². The second-order valence-electron chi connectivity index (χ2n) is 8.14. The van der Waals surface area contributed by atoms with Gasteiger partial charge in [-0.05, 0) is 62.7 Å². The zero-order chi connectivity index (χ0) is 26.8. The quantitative estimate of drug-likeness (QED) is 0.234. The van der Waals surface area contributed by atoms with Crippen LogP contribution in [0.2, 0.25) is 0 Å². The fraction of sp³-hybridized carbons (Fsp3) is 0.310. The summed E-state index contributed by atoms with van der Waals surface area (Å²) in [6, 6.07) is 16.6. The lowest BCUT2D eigenvalue weighted by molar-refractivity contribution is 0.281. The van der Waals surface area contributed by atoms with E-state index in [1.807, 2.05) is 63.2 Å². The normalized spacial score (nSPS) is 10.4. The van der Waals surface area contributed by atoms with Gasteiger partial charge in [-0.3, -0.25) is 10.8 Å². The van der Waals surface area contributed by atoms with E-state index in [1.54, 1.807) is 26.4 Å². The average Bonchev–Trinajstić information content (AvgIpc) is 2.90. The summed E-state index contributed by atoms with van der Waals surface area (Å²) in [7, 11) is 3.18. The molecular formula is C29H34N2O6. The van der Waals surface area contributed by atoms with Gasteiger partial charge in [0.05, 0.1) is 27.4 Å². The second kappa shape index (κ2) is 13.2. The molecule has 3 aromatic carbocycles. The van der Waals surface area contributed by atoms with Gasteiger partial charge >= 0.3 is 0 Å². The van der Waals surface area contributed by atoms with Crippen LogP contribution >= 0.6 is 0 Å². The van der Waals surface area contributed by atoms with Gasteiger partial charge in [-0.25, -0.2) is 0 Å². The summed E-state index contributed by atoms with van der Waals surface area (Å²) in [4.78, 5) is 0. The Kier molecular flexibility index (Phi) is 9.77. The molecular weight excluding hydrogens is 472 g/mol. The Bertz CT molecular complexity index is 1150. The van der Waals surface area contributed by atoms with Crippen molar-refractivity contribution < 1.29 is 28.4 Å². The maximum atomic E-state index is 7.98. The molecule has 3 aromatic rings. The largest absolute Gasteiger partial charge is 0.496 e. The molecule has 0 radical (unpaired) electrons. The van der Waals surface area contributed by atoms with Gasteiger partial charge < -0.3 is 28.4 Å². The van der Waals surface area contributed by atoms with E-state index in [9.17, 15) is 0 Å². The van der Waals surface area contributed by atoms with Crippen molar-refractivity contribution in [2.45, 2.75) is 34.0 Å². The van der Waals surface area contributed by atoms with Crippen molar-refractivity contribution in [1.82, 2.24) is 0 Å². The minimum atomic E-state index is 0.104. The molecule has 37 heavy (non-hydrogen) atoms. The molecule has 0 saturated carbocycles. The summed E-state index contributed by atoms with van der Waals surface area (Å²) >= 11 is 0. The summed E-state index contributed by atoms with van der Waals surface area (Å²) in [5, 5.41) is 16.0. The van der Waals surface area contributed by atoms with Crippen molar-refractivity contribution in [2.24, 2.45) is 0 Å². The maximum absolute atomic E-state index is 7.98. The van der Waals surface area contributed by atoms with Crippen molar-refractivity contribution in [1.29, 1.82) is 10.8 Å². The molecule has 0 unspecified atom stereocenters. The van der Waals surface area contributed by atoms with Crippen LogP contribution in [0.1, 0.15) is 41.7 Å². The third-order valence-corrected chi connectivity index (χ3v) is 5.49. The first kappa shape index (κ1) is 27.4. The number of hydrogen-bond donors (Lipinski definition) is 2. The molecule has 0 bridgehead atoms. The Hall–Kier alpha value is -4.20. The Morgan fingerprint density at radius 3 is 1.46 bits per heavy atom. The molecule has 0 aliphatic rings. The average molecular weight is 507 g/mol. The van der Waals surface area contributed by atoms with Gasteiger partial charge in [-0.2, -0.15) is 0 Å². The molecule has 0 aromatic heterocycles. The smallest absolute Gasteiger partial charge is 0.213 e. The number of ether oxygens (including phenoxy) is 6. The van der Waals surface area contributed by atoms with E-state index in [2.05, 4.69) is 0 Å². The van der Waals surface area contributed by atoms with Crippen LogP contribution < -0.4 is 18.9 Å². The molecule has 0 fully saturated rings. The lowest BCUT2D eigenvalue weighted by Crippen LogP contribution is -2.07. The van der Waals surface area contributed by atoms with E-state index in [0.29, 0.717) is 47.3 Å². The molecule has 0 heterocycles. The number of rotatable bonds is 12. The predicted octanol–water partition coefficient (Wildman–Crippen LogP) is 5.89. The summed E-state index contributed by atoms with van der Waals surface area (Å²) in [6.07, 6.45) is 0. The Labute approximate surface area is 218 Å². The number of methoxy groups -OCH3 is 2. The highest BCUT2D eigenvalue weighted by atomic mass is 16.5. The molecule has 2 N–H and O–H groups in total. The van der Waals surface area contributed by atoms with E-state index in [0.717, 1.165) is 16.7 Å². The van der Waals surface area contributed by atoms with E-state index in [-0.39, 0.29) is 25.0 Å². The van der Waals surface area contributed by atoms with Crippen molar-refractivity contribution in [3.05, 3.63) is 82.4 Å². The van der Waals surface area contributed by atoms with Crippen molar-refractivity contribution in [3.63, 3.8) is 0 Å². The standard InChI is InChI=1S/C29H34N2O6/c1-6-34-28(30)20-8-10-22(26(14-20)32-4)17-36-24-12-19(3)13-25(16-24)37-18-23-11-9-21(15-27(23)33-5)29(31)35-7-2/h8-16,30-31H,6-7,17-18H2,1-5H3. The minimum absolute atomic E-state index is 0.104. The van der Waals surface area contributed by atoms with Crippen LogP contribution in [0.3, 0.4) is 0 Å². The molecule has 8 nitrogen and oxygen atoms in total. The van der Waals surface area contributed by atoms with Crippen molar-refractivity contribution >= 4 is 11.8 Å². The Morgan fingerprint density at radius 2 is 1.08 bits per heavy atom. The predicted molar refractivity (Wildman–Crippen MR) is 143 cm³/mol. The Morgan fingerprint density at radius 1 is 0.649 bits per heavy atom. The first-order valence-electron chi connectivity index (χ1n) is 12.0. The fourth-order valence-electron chi connectivity index (χ4n) is 3.67. The second-order valence-corrected chi connectivity index (χ2v) is 8.14. The first-order chi connectivity index (χ1) is 17.9. The summed E-state index contributed by atoms with van der Waals surface area (Å²) < 4.78 is 33.7.